The van der Waals surface area contributed by atoms with E-state index in [4.69, 9.17) is 4.52 Å². The SMILES string of the molecule is CNCC1CCCN1Cc1c(C)noc1C. The van der Waals surface area contributed by atoms with E-state index in [2.05, 4.69) is 15.4 Å². The largest absolute Gasteiger partial charge is 0.361 e. The Labute approximate surface area is 97.0 Å². The Kier molecular flexibility index (Phi) is 3.61. The smallest absolute Gasteiger partial charge is 0.138 e. The Morgan fingerprint density at radius 3 is 2.94 bits per heavy atom. The Bertz CT molecular complexity index is 329. The number of hydrogen-bond donors (Lipinski definition) is 1. The molecular weight excluding hydrogens is 202 g/mol. The van der Waals surface area contributed by atoms with Crippen LogP contribution in [0.3, 0.4) is 0 Å². The Morgan fingerprint density at radius 2 is 2.31 bits per heavy atom. The van der Waals surface area contributed by atoms with E-state index in [1.165, 1.54) is 24.9 Å². The lowest BCUT2D eigenvalue weighted by molar-refractivity contribution is 0.240. The molecule has 1 atom stereocenters. The van der Waals surface area contributed by atoms with Crippen molar-refractivity contribution < 1.29 is 4.52 Å². The Balaban J connectivity index is 2.03. The van der Waals surface area contributed by atoms with Crippen molar-refractivity contribution >= 4 is 0 Å². The number of aromatic nitrogens is 1. The fraction of sp³-hybridized carbons (Fsp3) is 0.750. The maximum absolute atomic E-state index is 5.21. The van der Waals surface area contributed by atoms with Gasteiger partial charge in [0, 0.05) is 24.7 Å². The van der Waals surface area contributed by atoms with Gasteiger partial charge in [0.1, 0.15) is 5.76 Å². The molecular formula is C12H21N3O. The van der Waals surface area contributed by atoms with Gasteiger partial charge in [-0.25, -0.2) is 0 Å². The lowest BCUT2D eigenvalue weighted by Gasteiger charge is -2.23. The normalized spacial score (nSPS) is 21.8. The summed E-state index contributed by atoms with van der Waals surface area (Å²) in [5.41, 5.74) is 2.30. The van der Waals surface area contributed by atoms with E-state index < -0.39 is 0 Å². The van der Waals surface area contributed by atoms with Gasteiger partial charge < -0.3 is 9.84 Å². The van der Waals surface area contributed by atoms with Crippen LogP contribution in [-0.4, -0.2) is 36.2 Å². The molecule has 1 aromatic heterocycles. The van der Waals surface area contributed by atoms with Crippen LogP contribution in [0.25, 0.3) is 0 Å². The number of likely N-dealkylation sites (tertiary alicyclic amines) is 1. The summed E-state index contributed by atoms with van der Waals surface area (Å²) in [5, 5.41) is 7.28. The quantitative estimate of drug-likeness (QED) is 0.839. The van der Waals surface area contributed by atoms with E-state index in [1.807, 2.05) is 20.9 Å². The number of nitrogens with one attached hydrogen (secondary N) is 1. The summed E-state index contributed by atoms with van der Waals surface area (Å²) in [7, 11) is 2.02. The summed E-state index contributed by atoms with van der Waals surface area (Å²) < 4.78 is 5.21. The molecule has 1 aliphatic heterocycles. The molecule has 4 heteroatoms. The third-order valence-corrected chi connectivity index (χ3v) is 3.48. The maximum atomic E-state index is 5.21. The first kappa shape index (κ1) is 11.6. The predicted octanol–water partition coefficient (Wildman–Crippen LogP) is 1.48. The first-order valence-corrected chi connectivity index (χ1v) is 6.02. The molecule has 0 spiro atoms. The average Bonchev–Trinajstić information content (AvgIpc) is 2.81. The van der Waals surface area contributed by atoms with Gasteiger partial charge >= 0.3 is 0 Å². The summed E-state index contributed by atoms with van der Waals surface area (Å²) in [6, 6.07) is 0.665. The van der Waals surface area contributed by atoms with Gasteiger partial charge in [0.05, 0.1) is 5.69 Å². The molecule has 0 aliphatic carbocycles. The molecule has 1 N–H and O–H groups in total. The molecule has 0 saturated carbocycles. The van der Waals surface area contributed by atoms with Crippen molar-refractivity contribution in [2.45, 2.75) is 39.3 Å². The predicted molar refractivity (Wildman–Crippen MR) is 63.3 cm³/mol. The molecule has 0 amide bonds. The zero-order chi connectivity index (χ0) is 11.5. The number of aryl methyl sites for hydroxylation is 2. The molecule has 1 unspecified atom stereocenters. The molecule has 1 fully saturated rings. The minimum absolute atomic E-state index is 0.665. The highest BCUT2D eigenvalue weighted by atomic mass is 16.5. The minimum atomic E-state index is 0.665. The van der Waals surface area contributed by atoms with E-state index >= 15 is 0 Å². The van der Waals surface area contributed by atoms with Crippen LogP contribution in [0.2, 0.25) is 0 Å². The molecule has 1 aliphatic rings. The van der Waals surface area contributed by atoms with Gasteiger partial charge in [-0.1, -0.05) is 5.16 Å². The second-order valence-electron chi connectivity index (χ2n) is 4.63. The van der Waals surface area contributed by atoms with Crippen molar-refractivity contribution in [3.8, 4) is 0 Å². The fourth-order valence-electron chi connectivity index (χ4n) is 2.50. The van der Waals surface area contributed by atoms with Crippen molar-refractivity contribution in [3.63, 3.8) is 0 Å². The highest BCUT2D eigenvalue weighted by Gasteiger charge is 2.25. The van der Waals surface area contributed by atoms with Crippen molar-refractivity contribution in [1.82, 2.24) is 15.4 Å². The maximum Gasteiger partial charge on any atom is 0.138 e. The molecule has 4 nitrogen and oxygen atoms in total. The molecule has 1 saturated heterocycles. The number of hydrogen-bond acceptors (Lipinski definition) is 4. The first-order chi connectivity index (χ1) is 7.72. The molecule has 0 bridgehead atoms. The molecule has 2 rings (SSSR count). The van der Waals surface area contributed by atoms with Crippen LogP contribution in [-0.2, 0) is 6.54 Å². The zero-order valence-electron chi connectivity index (χ0n) is 10.4. The first-order valence-electron chi connectivity index (χ1n) is 6.02. The highest BCUT2D eigenvalue weighted by Crippen LogP contribution is 2.22. The lowest BCUT2D eigenvalue weighted by atomic mass is 10.1. The summed E-state index contributed by atoms with van der Waals surface area (Å²) in [6.07, 6.45) is 2.60. The van der Waals surface area contributed by atoms with Gasteiger partial charge in [-0.05, 0) is 40.3 Å². The fourth-order valence-corrected chi connectivity index (χ4v) is 2.50. The molecule has 1 aromatic rings. The summed E-state index contributed by atoms with van der Waals surface area (Å²) in [5.74, 6) is 0.965. The third kappa shape index (κ3) is 2.28. The van der Waals surface area contributed by atoms with Crippen molar-refractivity contribution in [2.24, 2.45) is 0 Å². The standard InChI is InChI=1S/C12H21N3O/c1-9-12(10(2)16-14-9)8-15-6-4-5-11(15)7-13-3/h11,13H,4-8H2,1-3H3. The molecule has 16 heavy (non-hydrogen) atoms. The van der Waals surface area contributed by atoms with E-state index in [0.29, 0.717) is 6.04 Å². The molecule has 0 radical (unpaired) electrons. The van der Waals surface area contributed by atoms with Crippen molar-refractivity contribution in [2.75, 3.05) is 20.1 Å². The van der Waals surface area contributed by atoms with Crippen LogP contribution in [0.1, 0.15) is 29.9 Å². The van der Waals surface area contributed by atoms with E-state index in [1.54, 1.807) is 0 Å². The summed E-state index contributed by atoms with van der Waals surface area (Å²) in [6.45, 7) is 7.26. The van der Waals surface area contributed by atoms with Gasteiger partial charge in [-0.2, -0.15) is 0 Å². The second kappa shape index (κ2) is 4.97. The van der Waals surface area contributed by atoms with Crippen LogP contribution in [0, 0.1) is 13.8 Å². The van der Waals surface area contributed by atoms with Crippen molar-refractivity contribution in [3.05, 3.63) is 17.0 Å². The van der Waals surface area contributed by atoms with Crippen LogP contribution in [0.15, 0.2) is 4.52 Å². The molecule has 90 valence electrons. The number of rotatable bonds is 4. The van der Waals surface area contributed by atoms with Gasteiger partial charge in [0.15, 0.2) is 0 Å². The Hall–Kier alpha value is -0.870. The van der Waals surface area contributed by atoms with E-state index in [0.717, 1.165) is 24.5 Å². The van der Waals surface area contributed by atoms with Crippen LogP contribution >= 0.6 is 0 Å². The molecule has 2 heterocycles. The molecule has 0 aromatic carbocycles. The minimum Gasteiger partial charge on any atom is -0.361 e. The van der Waals surface area contributed by atoms with Crippen LogP contribution < -0.4 is 5.32 Å². The average molecular weight is 223 g/mol. The van der Waals surface area contributed by atoms with Gasteiger partial charge in [0.25, 0.3) is 0 Å². The topological polar surface area (TPSA) is 41.3 Å². The monoisotopic (exact) mass is 223 g/mol. The Morgan fingerprint density at radius 1 is 1.50 bits per heavy atom. The van der Waals surface area contributed by atoms with E-state index in [9.17, 15) is 0 Å². The van der Waals surface area contributed by atoms with Gasteiger partial charge in [0.2, 0.25) is 0 Å². The van der Waals surface area contributed by atoms with Crippen LogP contribution in [0.5, 0.6) is 0 Å². The summed E-state index contributed by atoms with van der Waals surface area (Å²) in [4.78, 5) is 2.53. The number of nitrogens with zero attached hydrogens (tertiary/aromatic N) is 2. The summed E-state index contributed by atoms with van der Waals surface area (Å²) >= 11 is 0. The van der Waals surface area contributed by atoms with Gasteiger partial charge in [-0.15, -0.1) is 0 Å². The zero-order valence-corrected chi connectivity index (χ0v) is 10.4. The van der Waals surface area contributed by atoms with Gasteiger partial charge in [-0.3, -0.25) is 4.90 Å². The number of likely N-dealkylation sites (N-methyl/N-ethyl adjacent to an activating group) is 1. The second-order valence-corrected chi connectivity index (χ2v) is 4.63. The lowest BCUT2D eigenvalue weighted by Crippen LogP contribution is -2.36. The third-order valence-electron chi connectivity index (χ3n) is 3.48. The van der Waals surface area contributed by atoms with Crippen molar-refractivity contribution in [1.29, 1.82) is 0 Å². The van der Waals surface area contributed by atoms with Crippen LogP contribution in [0.4, 0.5) is 0 Å². The highest BCUT2D eigenvalue weighted by molar-refractivity contribution is 5.20. The van der Waals surface area contributed by atoms with E-state index in [-0.39, 0.29) is 0 Å².